The molecule has 1 aliphatic carbocycles. The Hall–Kier alpha value is -1.46. The number of phosphoric acid groups is 1. The van der Waals surface area contributed by atoms with Crippen LogP contribution in [0.15, 0.2) is 24.3 Å². The molecule has 0 spiro atoms. The largest absolute Gasteiger partial charge is 0.466 e. The van der Waals surface area contributed by atoms with Crippen molar-refractivity contribution in [3.8, 4) is 0 Å². The molecule has 0 fully saturated rings. The van der Waals surface area contributed by atoms with Gasteiger partial charge in [-0.3, -0.25) is 4.98 Å². The molecule has 1 aromatic carbocycles. The average Bonchev–Trinajstić information content (AvgIpc) is 2.37. The summed E-state index contributed by atoms with van der Waals surface area (Å²) in [7, 11) is -4.64. The molecule has 0 bridgehead atoms. The van der Waals surface area contributed by atoms with Crippen LogP contribution in [0, 0.1) is 0 Å². The smallest absolute Gasteiger partial charge is 0.398 e. The molecule has 20 heavy (non-hydrogen) atoms. The van der Waals surface area contributed by atoms with E-state index in [9.17, 15) is 0 Å². The Labute approximate surface area is 116 Å². The number of hydrogen-bond donors (Lipinski definition) is 4. The van der Waals surface area contributed by atoms with Gasteiger partial charge in [-0.2, -0.15) is 0 Å². The molecule has 1 aromatic heterocycles. The number of aryl methyl sites for hydroxylation is 1. The fourth-order valence-corrected chi connectivity index (χ4v) is 2.41. The van der Waals surface area contributed by atoms with Crippen molar-refractivity contribution >= 4 is 24.4 Å². The highest BCUT2D eigenvalue weighted by molar-refractivity contribution is 7.45. The highest BCUT2D eigenvalue weighted by atomic mass is 31.2. The lowest BCUT2D eigenvalue weighted by Gasteiger charge is -2.18. The summed E-state index contributed by atoms with van der Waals surface area (Å²) >= 11 is 0. The van der Waals surface area contributed by atoms with Gasteiger partial charge in [-0.1, -0.05) is 18.2 Å². The molecule has 1 heterocycles. The zero-order chi connectivity index (χ0) is 14.8. The molecule has 0 saturated heterocycles. The number of nitrogens with two attached hydrogens (primary N) is 1. The molecule has 0 atom stereocenters. The van der Waals surface area contributed by atoms with Gasteiger partial charge in [0.15, 0.2) is 0 Å². The number of fused-ring (bicyclic) bond motifs is 2. The summed E-state index contributed by atoms with van der Waals surface area (Å²) in [4.78, 5) is 26.3. The Bertz CT molecular complexity index is 660. The molecular weight excluding hydrogens is 279 g/mol. The van der Waals surface area contributed by atoms with Crippen molar-refractivity contribution in [1.82, 2.24) is 4.98 Å². The van der Waals surface area contributed by atoms with Crippen molar-refractivity contribution < 1.29 is 19.2 Å². The van der Waals surface area contributed by atoms with E-state index in [1.54, 1.807) is 0 Å². The maximum absolute atomic E-state index is 8.88. The van der Waals surface area contributed by atoms with E-state index in [-0.39, 0.29) is 0 Å². The number of hydrogen-bond acceptors (Lipinski definition) is 3. The third kappa shape index (κ3) is 3.77. The van der Waals surface area contributed by atoms with E-state index in [2.05, 4.69) is 6.07 Å². The van der Waals surface area contributed by atoms with Crippen LogP contribution < -0.4 is 5.73 Å². The van der Waals surface area contributed by atoms with E-state index in [0.29, 0.717) is 0 Å². The van der Waals surface area contributed by atoms with Crippen molar-refractivity contribution in [3.63, 3.8) is 0 Å². The Balaban J connectivity index is 0.000000257. The van der Waals surface area contributed by atoms with Crippen LogP contribution >= 0.6 is 7.82 Å². The molecule has 108 valence electrons. The first-order valence-corrected chi connectivity index (χ1v) is 7.87. The van der Waals surface area contributed by atoms with Gasteiger partial charge in [-0.15, -0.1) is 0 Å². The minimum absolute atomic E-state index is 0.954. The predicted octanol–water partition coefficient (Wildman–Crippen LogP) is 1.77. The minimum Gasteiger partial charge on any atom is -0.398 e. The summed E-state index contributed by atoms with van der Waals surface area (Å²) in [5, 5.41) is 1.11. The summed E-state index contributed by atoms with van der Waals surface area (Å²) in [6, 6.07) is 8.15. The van der Waals surface area contributed by atoms with Gasteiger partial charge in [0.1, 0.15) is 0 Å². The number of pyridine rings is 1. The van der Waals surface area contributed by atoms with E-state index in [4.69, 9.17) is 30.0 Å². The molecule has 0 saturated carbocycles. The monoisotopic (exact) mass is 296 g/mol. The highest BCUT2D eigenvalue weighted by Gasteiger charge is 2.15. The Kier molecular flexibility index (Phi) is 4.40. The van der Waals surface area contributed by atoms with Crippen molar-refractivity contribution in [2.45, 2.75) is 25.7 Å². The number of para-hydroxylation sites is 1. The predicted molar refractivity (Wildman–Crippen MR) is 77.1 cm³/mol. The molecule has 1 aliphatic rings. The third-order valence-corrected chi connectivity index (χ3v) is 3.21. The quantitative estimate of drug-likeness (QED) is 0.550. The van der Waals surface area contributed by atoms with Crippen LogP contribution in [0.2, 0.25) is 0 Å². The topological polar surface area (TPSA) is 117 Å². The van der Waals surface area contributed by atoms with Crippen molar-refractivity contribution in [2.24, 2.45) is 0 Å². The van der Waals surface area contributed by atoms with Crippen LogP contribution in [0.25, 0.3) is 10.9 Å². The van der Waals surface area contributed by atoms with Crippen LogP contribution in [0.1, 0.15) is 24.1 Å². The molecule has 2 aromatic rings. The summed E-state index contributed by atoms with van der Waals surface area (Å²) in [5.74, 6) is 0. The molecule has 0 unspecified atom stereocenters. The van der Waals surface area contributed by atoms with E-state index >= 15 is 0 Å². The van der Waals surface area contributed by atoms with Crippen LogP contribution in [0.5, 0.6) is 0 Å². The minimum atomic E-state index is -4.64. The number of benzene rings is 1. The Morgan fingerprint density at radius 3 is 2.40 bits per heavy atom. The number of nitrogens with zero attached hydrogens (tertiary/aromatic N) is 1. The van der Waals surface area contributed by atoms with Gasteiger partial charge in [0.05, 0.1) is 5.52 Å². The first-order valence-electron chi connectivity index (χ1n) is 6.30. The van der Waals surface area contributed by atoms with Crippen LogP contribution in [-0.2, 0) is 17.4 Å². The maximum atomic E-state index is 8.88. The molecule has 3 rings (SSSR count). The van der Waals surface area contributed by atoms with Gasteiger partial charge in [-0.05, 0) is 37.3 Å². The first-order chi connectivity index (χ1) is 9.36. The maximum Gasteiger partial charge on any atom is 0.466 e. The number of nitrogen functional groups attached to an aromatic ring is 1. The number of anilines is 1. The van der Waals surface area contributed by atoms with Gasteiger partial charge in [0.2, 0.25) is 0 Å². The van der Waals surface area contributed by atoms with Gasteiger partial charge >= 0.3 is 7.82 Å². The Morgan fingerprint density at radius 1 is 1.10 bits per heavy atom. The van der Waals surface area contributed by atoms with Crippen molar-refractivity contribution in [1.29, 1.82) is 0 Å². The molecule has 0 amide bonds. The van der Waals surface area contributed by atoms with Crippen LogP contribution in [-0.4, -0.2) is 19.7 Å². The molecular formula is C13H17N2O4P. The Morgan fingerprint density at radius 2 is 1.70 bits per heavy atom. The van der Waals surface area contributed by atoms with E-state index in [1.807, 2.05) is 18.2 Å². The third-order valence-electron chi connectivity index (χ3n) is 3.21. The lowest BCUT2D eigenvalue weighted by Crippen LogP contribution is -2.09. The van der Waals surface area contributed by atoms with Crippen LogP contribution in [0.4, 0.5) is 5.69 Å². The van der Waals surface area contributed by atoms with E-state index in [1.165, 1.54) is 24.1 Å². The zero-order valence-corrected chi connectivity index (χ0v) is 11.8. The summed E-state index contributed by atoms with van der Waals surface area (Å²) in [5.41, 5.74) is 10.7. The molecule has 0 radical (unpaired) electrons. The van der Waals surface area contributed by atoms with Crippen molar-refractivity contribution in [2.75, 3.05) is 5.73 Å². The van der Waals surface area contributed by atoms with Crippen LogP contribution in [0.3, 0.4) is 0 Å². The standard InChI is InChI=1S/C13H14N2.H3O4P/c14-13-9-5-1-3-7-11(9)15-12-8-4-2-6-10(12)13;1-5(2,3)4/h1,3,5,7H,2,4,6,8H2,(H2,14,15);(H3,1,2,3,4). The normalized spacial score (nSPS) is 14.3. The lowest BCUT2D eigenvalue weighted by atomic mass is 9.93. The summed E-state index contributed by atoms with van der Waals surface area (Å²) in [6.07, 6.45) is 4.68. The fraction of sp³-hybridized carbons (Fsp3) is 0.308. The lowest BCUT2D eigenvalue weighted by molar-refractivity contribution is 0.275. The fourth-order valence-electron chi connectivity index (χ4n) is 2.41. The summed E-state index contributed by atoms with van der Waals surface area (Å²) in [6.45, 7) is 0. The average molecular weight is 296 g/mol. The number of aromatic nitrogens is 1. The van der Waals surface area contributed by atoms with Crippen molar-refractivity contribution in [3.05, 3.63) is 35.5 Å². The zero-order valence-electron chi connectivity index (χ0n) is 10.9. The van der Waals surface area contributed by atoms with Gasteiger partial charge < -0.3 is 20.4 Å². The number of rotatable bonds is 0. The second-order valence-electron chi connectivity index (χ2n) is 4.69. The molecule has 7 heteroatoms. The van der Waals surface area contributed by atoms with Gasteiger partial charge in [-0.25, -0.2) is 4.57 Å². The second-order valence-corrected chi connectivity index (χ2v) is 5.71. The van der Waals surface area contributed by atoms with E-state index in [0.717, 1.165) is 29.4 Å². The first kappa shape index (κ1) is 14.9. The van der Waals surface area contributed by atoms with Gasteiger partial charge in [0, 0.05) is 16.8 Å². The second kappa shape index (κ2) is 5.89. The van der Waals surface area contributed by atoms with E-state index < -0.39 is 7.82 Å². The van der Waals surface area contributed by atoms with Gasteiger partial charge in [0.25, 0.3) is 0 Å². The molecule has 6 nitrogen and oxygen atoms in total. The SMILES string of the molecule is Nc1c2c(nc3ccccc13)CCCC2.O=P(O)(O)O. The molecule has 0 aliphatic heterocycles. The molecule has 5 N–H and O–H groups in total. The highest BCUT2D eigenvalue weighted by Crippen LogP contribution is 2.30. The summed E-state index contributed by atoms with van der Waals surface area (Å²) < 4.78 is 8.88.